The maximum absolute atomic E-state index is 9.91. The summed E-state index contributed by atoms with van der Waals surface area (Å²) in [4.78, 5) is 0. The minimum absolute atomic E-state index is 0.0362. The van der Waals surface area contributed by atoms with Gasteiger partial charge < -0.3 is 15.2 Å². The Morgan fingerprint density at radius 3 is 2.53 bits per heavy atom. The molecular weight excluding hydrogens is 238 g/mol. The number of aliphatic hydroxyl groups is 1. The first-order chi connectivity index (χ1) is 9.24. The highest BCUT2D eigenvalue weighted by Gasteiger charge is 2.24. The molecule has 3 unspecified atom stereocenters. The summed E-state index contributed by atoms with van der Waals surface area (Å²) in [6, 6.07) is 8.63. The van der Waals surface area contributed by atoms with Crippen LogP contribution >= 0.6 is 0 Å². The number of benzene rings is 1. The van der Waals surface area contributed by atoms with Gasteiger partial charge in [-0.15, -0.1) is 0 Å². The molecule has 0 bridgehead atoms. The molecule has 1 aliphatic carbocycles. The average molecular weight is 263 g/mol. The van der Waals surface area contributed by atoms with E-state index in [1.807, 2.05) is 19.2 Å². The predicted molar refractivity (Wildman–Crippen MR) is 77.4 cm³/mol. The van der Waals surface area contributed by atoms with Crippen molar-refractivity contribution in [3.63, 3.8) is 0 Å². The van der Waals surface area contributed by atoms with Crippen molar-refractivity contribution in [2.24, 2.45) is 0 Å². The summed E-state index contributed by atoms with van der Waals surface area (Å²) in [7, 11) is 1.98. The minimum atomic E-state index is -0.311. The standard InChI is InChI=1S/C16H25NO2/c1-3-14(17-2)12-8-10-13(11-9-12)19-16-7-5-4-6-15(16)18/h8-11,14-18H,3-7H2,1-2H3. The van der Waals surface area contributed by atoms with Crippen LogP contribution in [0.4, 0.5) is 0 Å². The molecule has 3 atom stereocenters. The van der Waals surface area contributed by atoms with E-state index in [1.165, 1.54) is 5.56 Å². The molecule has 19 heavy (non-hydrogen) atoms. The quantitative estimate of drug-likeness (QED) is 0.858. The van der Waals surface area contributed by atoms with Crippen molar-refractivity contribution in [3.8, 4) is 5.75 Å². The molecule has 0 aliphatic heterocycles. The monoisotopic (exact) mass is 263 g/mol. The van der Waals surface area contributed by atoms with Crippen LogP contribution in [-0.4, -0.2) is 24.4 Å². The topological polar surface area (TPSA) is 41.5 Å². The molecule has 1 aromatic rings. The summed E-state index contributed by atoms with van der Waals surface area (Å²) >= 11 is 0. The lowest BCUT2D eigenvalue weighted by Crippen LogP contribution is -2.34. The second-order valence-electron chi connectivity index (χ2n) is 5.33. The van der Waals surface area contributed by atoms with Gasteiger partial charge in [0.2, 0.25) is 0 Å². The van der Waals surface area contributed by atoms with Crippen molar-refractivity contribution in [1.29, 1.82) is 0 Å². The van der Waals surface area contributed by atoms with E-state index >= 15 is 0 Å². The van der Waals surface area contributed by atoms with E-state index in [-0.39, 0.29) is 12.2 Å². The lowest BCUT2D eigenvalue weighted by atomic mass is 9.95. The van der Waals surface area contributed by atoms with Gasteiger partial charge in [-0.1, -0.05) is 25.5 Å². The average Bonchev–Trinajstić information content (AvgIpc) is 2.44. The fraction of sp³-hybridized carbons (Fsp3) is 0.625. The van der Waals surface area contributed by atoms with Gasteiger partial charge in [-0.05, 0) is 50.4 Å². The maximum Gasteiger partial charge on any atom is 0.124 e. The Hall–Kier alpha value is -1.06. The van der Waals surface area contributed by atoms with E-state index in [2.05, 4.69) is 24.4 Å². The Morgan fingerprint density at radius 2 is 1.95 bits per heavy atom. The van der Waals surface area contributed by atoms with Gasteiger partial charge in [0.05, 0.1) is 6.10 Å². The number of hydrogen-bond acceptors (Lipinski definition) is 3. The first-order valence-corrected chi connectivity index (χ1v) is 7.36. The molecule has 0 amide bonds. The highest BCUT2D eigenvalue weighted by Crippen LogP contribution is 2.25. The highest BCUT2D eigenvalue weighted by molar-refractivity contribution is 5.29. The Bertz CT molecular complexity index is 373. The summed E-state index contributed by atoms with van der Waals surface area (Å²) in [6.45, 7) is 2.17. The third-order valence-corrected chi connectivity index (χ3v) is 3.99. The normalized spacial score (nSPS) is 25.0. The molecule has 3 nitrogen and oxygen atoms in total. The highest BCUT2D eigenvalue weighted by atomic mass is 16.5. The molecular formula is C16H25NO2. The Labute approximate surface area is 116 Å². The second-order valence-corrected chi connectivity index (χ2v) is 5.33. The largest absolute Gasteiger partial charge is 0.488 e. The van der Waals surface area contributed by atoms with Crippen molar-refractivity contribution in [3.05, 3.63) is 29.8 Å². The lowest BCUT2D eigenvalue weighted by molar-refractivity contribution is 0.00686. The Morgan fingerprint density at radius 1 is 1.26 bits per heavy atom. The van der Waals surface area contributed by atoms with Crippen LogP contribution in [0, 0.1) is 0 Å². The Kier molecular flexibility index (Phi) is 5.23. The van der Waals surface area contributed by atoms with E-state index < -0.39 is 0 Å². The van der Waals surface area contributed by atoms with Crippen molar-refractivity contribution < 1.29 is 9.84 Å². The van der Waals surface area contributed by atoms with E-state index in [0.29, 0.717) is 6.04 Å². The zero-order chi connectivity index (χ0) is 13.7. The number of aliphatic hydroxyl groups excluding tert-OH is 1. The molecule has 2 N–H and O–H groups in total. The molecule has 1 fully saturated rings. The SMILES string of the molecule is CCC(NC)c1ccc(OC2CCCCC2O)cc1. The van der Waals surface area contributed by atoms with Crippen LogP contribution in [0.15, 0.2) is 24.3 Å². The molecule has 2 rings (SSSR count). The molecule has 1 aromatic carbocycles. The van der Waals surface area contributed by atoms with E-state index in [1.54, 1.807) is 0 Å². The summed E-state index contributed by atoms with van der Waals surface area (Å²) in [5.41, 5.74) is 1.28. The van der Waals surface area contributed by atoms with Crippen molar-refractivity contribution in [1.82, 2.24) is 5.32 Å². The fourth-order valence-corrected chi connectivity index (χ4v) is 2.77. The fourth-order valence-electron chi connectivity index (χ4n) is 2.77. The van der Waals surface area contributed by atoms with Crippen LogP contribution in [0.3, 0.4) is 0 Å². The van der Waals surface area contributed by atoms with Crippen LogP contribution in [0.25, 0.3) is 0 Å². The van der Waals surface area contributed by atoms with Gasteiger partial charge in [0.25, 0.3) is 0 Å². The zero-order valence-corrected chi connectivity index (χ0v) is 11.9. The van der Waals surface area contributed by atoms with Crippen molar-refractivity contribution in [2.75, 3.05) is 7.05 Å². The van der Waals surface area contributed by atoms with Gasteiger partial charge in [-0.25, -0.2) is 0 Å². The first-order valence-electron chi connectivity index (χ1n) is 7.36. The summed E-state index contributed by atoms with van der Waals surface area (Å²) in [6.07, 6.45) is 4.80. The van der Waals surface area contributed by atoms with Gasteiger partial charge >= 0.3 is 0 Å². The van der Waals surface area contributed by atoms with Gasteiger partial charge in [0.1, 0.15) is 11.9 Å². The first kappa shape index (κ1) is 14.4. The lowest BCUT2D eigenvalue weighted by Gasteiger charge is -2.28. The number of hydrogen-bond donors (Lipinski definition) is 2. The maximum atomic E-state index is 9.91. The van der Waals surface area contributed by atoms with E-state index in [0.717, 1.165) is 37.9 Å². The molecule has 0 spiro atoms. The molecule has 1 aliphatic rings. The van der Waals surface area contributed by atoms with Crippen molar-refractivity contribution in [2.45, 2.75) is 57.3 Å². The molecule has 3 heteroatoms. The molecule has 106 valence electrons. The summed E-state index contributed by atoms with van der Waals surface area (Å²) in [5, 5.41) is 13.2. The van der Waals surface area contributed by atoms with Crippen LogP contribution < -0.4 is 10.1 Å². The minimum Gasteiger partial charge on any atom is -0.488 e. The molecule has 0 aromatic heterocycles. The van der Waals surface area contributed by atoms with Gasteiger partial charge in [-0.2, -0.15) is 0 Å². The number of rotatable bonds is 5. The van der Waals surface area contributed by atoms with Gasteiger partial charge in [0, 0.05) is 6.04 Å². The molecule has 1 saturated carbocycles. The van der Waals surface area contributed by atoms with Gasteiger partial charge in [0.15, 0.2) is 0 Å². The summed E-state index contributed by atoms with van der Waals surface area (Å²) in [5.74, 6) is 0.862. The van der Waals surface area contributed by atoms with Crippen LogP contribution in [0.2, 0.25) is 0 Å². The van der Waals surface area contributed by atoms with Crippen LogP contribution in [0.5, 0.6) is 5.75 Å². The number of ether oxygens (including phenoxy) is 1. The van der Waals surface area contributed by atoms with Crippen LogP contribution in [-0.2, 0) is 0 Å². The Balaban J connectivity index is 1.98. The predicted octanol–water partition coefficient (Wildman–Crippen LogP) is 3.04. The van der Waals surface area contributed by atoms with Gasteiger partial charge in [-0.3, -0.25) is 0 Å². The second kappa shape index (κ2) is 6.92. The van der Waals surface area contributed by atoms with Crippen molar-refractivity contribution >= 4 is 0 Å². The van der Waals surface area contributed by atoms with E-state index in [9.17, 15) is 5.11 Å². The molecule has 0 radical (unpaired) electrons. The van der Waals surface area contributed by atoms with Crippen LogP contribution in [0.1, 0.15) is 50.6 Å². The third-order valence-electron chi connectivity index (χ3n) is 3.99. The number of nitrogens with one attached hydrogen (secondary N) is 1. The molecule has 0 heterocycles. The smallest absolute Gasteiger partial charge is 0.124 e. The van der Waals surface area contributed by atoms with E-state index in [4.69, 9.17) is 4.74 Å². The zero-order valence-electron chi connectivity index (χ0n) is 11.9. The third kappa shape index (κ3) is 3.71. The summed E-state index contributed by atoms with van der Waals surface area (Å²) < 4.78 is 5.90. The molecule has 0 saturated heterocycles.